The first kappa shape index (κ1) is 13.7. The number of rotatable bonds is 2. The molecule has 0 amide bonds. The molecule has 20 heavy (non-hydrogen) atoms. The molecule has 2 saturated heterocycles. The third-order valence-electron chi connectivity index (χ3n) is 4.36. The van der Waals surface area contributed by atoms with Crippen LogP contribution >= 0.6 is 0 Å². The van der Waals surface area contributed by atoms with E-state index in [4.69, 9.17) is 4.74 Å². The van der Waals surface area contributed by atoms with Crippen LogP contribution in [0.3, 0.4) is 0 Å². The number of aromatic nitrogens is 1. The Hall–Kier alpha value is -1.30. The molecule has 3 heterocycles. The Kier molecular flexibility index (Phi) is 3.36. The predicted octanol–water partition coefficient (Wildman–Crippen LogP) is 3.10. The molecule has 2 atom stereocenters. The third-order valence-corrected chi connectivity index (χ3v) is 4.36. The highest BCUT2D eigenvalue weighted by Crippen LogP contribution is 2.36. The molecule has 2 bridgehead atoms. The van der Waals surface area contributed by atoms with E-state index >= 15 is 0 Å². The quantitative estimate of drug-likeness (QED) is 0.835. The maximum atomic E-state index is 12.6. The second-order valence-electron chi connectivity index (χ2n) is 5.62. The lowest BCUT2D eigenvalue weighted by molar-refractivity contribution is -0.141. The van der Waals surface area contributed by atoms with Gasteiger partial charge in [0, 0.05) is 18.2 Å². The van der Waals surface area contributed by atoms with E-state index in [-0.39, 0.29) is 12.0 Å². The fourth-order valence-electron chi connectivity index (χ4n) is 3.27. The van der Waals surface area contributed by atoms with Gasteiger partial charge >= 0.3 is 6.18 Å². The van der Waals surface area contributed by atoms with Crippen molar-refractivity contribution in [2.75, 3.05) is 7.05 Å². The number of ether oxygens (including phenoxy) is 1. The second-order valence-corrected chi connectivity index (χ2v) is 5.62. The zero-order chi connectivity index (χ0) is 14.3. The molecule has 0 N–H and O–H groups in total. The van der Waals surface area contributed by atoms with Crippen molar-refractivity contribution in [1.82, 2.24) is 9.88 Å². The number of hydrogen-bond donors (Lipinski definition) is 0. The first-order valence-electron chi connectivity index (χ1n) is 6.86. The van der Waals surface area contributed by atoms with Crippen LogP contribution in [0.2, 0.25) is 0 Å². The Labute approximate surface area is 115 Å². The minimum atomic E-state index is -4.43. The average molecular weight is 286 g/mol. The van der Waals surface area contributed by atoms with Crippen LogP contribution in [0.25, 0.3) is 0 Å². The second kappa shape index (κ2) is 4.91. The van der Waals surface area contributed by atoms with Crippen LogP contribution in [0.4, 0.5) is 13.2 Å². The fraction of sp³-hybridized carbons (Fsp3) is 0.643. The molecular weight excluding hydrogens is 269 g/mol. The summed E-state index contributed by atoms with van der Waals surface area (Å²) in [6, 6.07) is 4.78. The Morgan fingerprint density at radius 2 is 1.85 bits per heavy atom. The highest BCUT2D eigenvalue weighted by molar-refractivity contribution is 5.18. The normalized spacial score (nSPS) is 30.5. The third kappa shape index (κ3) is 2.61. The van der Waals surface area contributed by atoms with Crippen molar-refractivity contribution in [3.8, 4) is 5.88 Å². The summed E-state index contributed by atoms with van der Waals surface area (Å²) in [5.74, 6) is 0.0776. The van der Waals surface area contributed by atoms with Crippen molar-refractivity contribution >= 4 is 0 Å². The summed E-state index contributed by atoms with van der Waals surface area (Å²) in [5, 5.41) is 0. The number of hydrogen-bond acceptors (Lipinski definition) is 3. The molecule has 3 rings (SSSR count). The summed E-state index contributed by atoms with van der Waals surface area (Å²) in [6.07, 6.45) is -0.422. The van der Waals surface area contributed by atoms with Gasteiger partial charge in [0.25, 0.3) is 0 Å². The molecule has 0 spiro atoms. The van der Waals surface area contributed by atoms with Gasteiger partial charge in [-0.05, 0) is 38.8 Å². The van der Waals surface area contributed by atoms with Crippen LogP contribution in [0.5, 0.6) is 5.88 Å². The van der Waals surface area contributed by atoms with E-state index in [2.05, 4.69) is 16.9 Å². The molecular formula is C14H17F3N2O. The van der Waals surface area contributed by atoms with Gasteiger partial charge in [0.15, 0.2) is 0 Å². The van der Waals surface area contributed by atoms with Crippen LogP contribution in [-0.4, -0.2) is 35.1 Å². The molecule has 1 aromatic heterocycles. The highest BCUT2D eigenvalue weighted by atomic mass is 19.4. The van der Waals surface area contributed by atoms with Gasteiger partial charge in [0.2, 0.25) is 5.88 Å². The highest BCUT2D eigenvalue weighted by Gasteiger charge is 2.39. The van der Waals surface area contributed by atoms with Crippen molar-refractivity contribution in [2.45, 2.75) is 50.0 Å². The standard InChI is InChI=1S/C14H17F3N2O/c1-19-9-5-6-10(19)8-11(7-9)20-13-4-2-3-12(18-13)14(15,16)17/h2-4,9-11H,5-8H2,1H3. The molecule has 2 aliphatic rings. The summed E-state index contributed by atoms with van der Waals surface area (Å²) in [4.78, 5) is 5.93. The number of halogens is 3. The number of pyridine rings is 1. The summed E-state index contributed by atoms with van der Waals surface area (Å²) >= 11 is 0. The fourth-order valence-corrected chi connectivity index (χ4v) is 3.27. The molecule has 2 fully saturated rings. The van der Waals surface area contributed by atoms with Gasteiger partial charge in [0.1, 0.15) is 11.8 Å². The van der Waals surface area contributed by atoms with Crippen molar-refractivity contribution < 1.29 is 17.9 Å². The van der Waals surface area contributed by atoms with E-state index in [9.17, 15) is 13.2 Å². The lowest BCUT2D eigenvalue weighted by Gasteiger charge is -2.36. The SMILES string of the molecule is CN1C2CCC1CC(Oc1cccc(C(F)(F)F)n1)C2. The summed E-state index contributed by atoms with van der Waals surface area (Å²) in [5.41, 5.74) is -0.897. The number of alkyl halides is 3. The van der Waals surface area contributed by atoms with Crippen LogP contribution < -0.4 is 4.74 Å². The Morgan fingerprint density at radius 1 is 1.20 bits per heavy atom. The molecule has 2 unspecified atom stereocenters. The zero-order valence-corrected chi connectivity index (χ0v) is 11.2. The first-order chi connectivity index (χ1) is 9.43. The lowest BCUT2D eigenvalue weighted by Crippen LogP contribution is -2.43. The molecule has 0 aromatic carbocycles. The number of fused-ring (bicyclic) bond motifs is 2. The molecule has 0 saturated carbocycles. The first-order valence-corrected chi connectivity index (χ1v) is 6.86. The van der Waals surface area contributed by atoms with Gasteiger partial charge in [-0.3, -0.25) is 0 Å². The van der Waals surface area contributed by atoms with Gasteiger partial charge in [0.05, 0.1) is 0 Å². The van der Waals surface area contributed by atoms with Crippen LogP contribution in [0, 0.1) is 0 Å². The van der Waals surface area contributed by atoms with Crippen molar-refractivity contribution in [2.24, 2.45) is 0 Å². The number of piperidine rings is 1. The summed E-state index contributed by atoms with van der Waals surface area (Å²) < 4.78 is 43.5. The molecule has 1 aromatic rings. The summed E-state index contributed by atoms with van der Waals surface area (Å²) in [6.45, 7) is 0. The monoisotopic (exact) mass is 286 g/mol. The molecule has 0 aliphatic carbocycles. The smallest absolute Gasteiger partial charge is 0.433 e. The number of nitrogens with zero attached hydrogens (tertiary/aromatic N) is 2. The van der Waals surface area contributed by atoms with E-state index in [1.54, 1.807) is 0 Å². The molecule has 2 aliphatic heterocycles. The maximum absolute atomic E-state index is 12.6. The predicted molar refractivity (Wildman–Crippen MR) is 67.5 cm³/mol. The van der Waals surface area contributed by atoms with E-state index in [0.717, 1.165) is 31.7 Å². The molecule has 3 nitrogen and oxygen atoms in total. The van der Waals surface area contributed by atoms with Gasteiger partial charge in [-0.15, -0.1) is 0 Å². The molecule has 6 heteroatoms. The average Bonchev–Trinajstić information content (AvgIpc) is 2.62. The van der Waals surface area contributed by atoms with Crippen molar-refractivity contribution in [3.05, 3.63) is 23.9 Å². The van der Waals surface area contributed by atoms with E-state index in [0.29, 0.717) is 12.1 Å². The van der Waals surface area contributed by atoms with Gasteiger partial charge < -0.3 is 9.64 Å². The van der Waals surface area contributed by atoms with Crippen LogP contribution in [0.15, 0.2) is 18.2 Å². The zero-order valence-electron chi connectivity index (χ0n) is 11.2. The van der Waals surface area contributed by atoms with Crippen molar-refractivity contribution in [1.29, 1.82) is 0 Å². The Bertz CT molecular complexity index is 478. The van der Waals surface area contributed by atoms with Crippen LogP contribution in [0.1, 0.15) is 31.4 Å². The van der Waals surface area contributed by atoms with E-state index in [1.165, 1.54) is 12.1 Å². The largest absolute Gasteiger partial charge is 0.474 e. The Balaban J connectivity index is 1.70. The van der Waals surface area contributed by atoms with Gasteiger partial charge in [-0.1, -0.05) is 6.07 Å². The van der Waals surface area contributed by atoms with Gasteiger partial charge in [-0.25, -0.2) is 4.98 Å². The van der Waals surface area contributed by atoms with E-state index in [1.807, 2.05) is 0 Å². The van der Waals surface area contributed by atoms with Crippen LogP contribution in [-0.2, 0) is 6.18 Å². The van der Waals surface area contributed by atoms with Crippen molar-refractivity contribution in [3.63, 3.8) is 0 Å². The molecule has 0 radical (unpaired) electrons. The van der Waals surface area contributed by atoms with Gasteiger partial charge in [-0.2, -0.15) is 13.2 Å². The van der Waals surface area contributed by atoms with E-state index < -0.39 is 11.9 Å². The minimum absolute atomic E-state index is 0.0281. The topological polar surface area (TPSA) is 25.4 Å². The lowest BCUT2D eigenvalue weighted by atomic mass is 10.0. The minimum Gasteiger partial charge on any atom is -0.474 e. The molecule has 110 valence electrons. The maximum Gasteiger partial charge on any atom is 0.433 e. The summed E-state index contributed by atoms with van der Waals surface area (Å²) in [7, 11) is 2.11. The Morgan fingerprint density at radius 3 is 2.45 bits per heavy atom.